The van der Waals surface area contributed by atoms with Gasteiger partial charge in [-0.05, 0) is 37.6 Å². The van der Waals surface area contributed by atoms with Crippen LogP contribution in [0.1, 0.15) is 24.0 Å². The number of nitrogens with zero attached hydrogens (tertiary/aromatic N) is 5. The Morgan fingerprint density at radius 1 is 1.07 bits per heavy atom. The summed E-state index contributed by atoms with van der Waals surface area (Å²) in [5.74, 6) is 1.76. The van der Waals surface area contributed by atoms with Crippen LogP contribution in [-0.4, -0.2) is 31.0 Å². The van der Waals surface area contributed by atoms with E-state index in [0.717, 1.165) is 29.2 Å². The van der Waals surface area contributed by atoms with Crippen molar-refractivity contribution in [1.29, 1.82) is 0 Å². The maximum atomic E-state index is 4.81. The number of rotatable bonds is 4. The first-order valence-electron chi connectivity index (χ1n) is 10.5. The zero-order chi connectivity index (χ0) is 20.5. The van der Waals surface area contributed by atoms with Gasteiger partial charge in [-0.3, -0.25) is 9.39 Å². The molecule has 6 nitrogen and oxygen atoms in total. The lowest BCUT2D eigenvalue weighted by Gasteiger charge is -2.19. The molecule has 150 valence electrons. The molecule has 3 atom stereocenters. The van der Waals surface area contributed by atoms with Crippen LogP contribution in [-0.2, 0) is 6.54 Å². The van der Waals surface area contributed by atoms with Crippen molar-refractivity contribution >= 4 is 28.6 Å². The third-order valence-corrected chi connectivity index (χ3v) is 6.76. The summed E-state index contributed by atoms with van der Waals surface area (Å²) in [6.07, 6.45) is 6.19. The van der Waals surface area contributed by atoms with Crippen molar-refractivity contribution in [3.63, 3.8) is 0 Å². The highest BCUT2D eigenvalue weighted by molar-refractivity contribution is 5.89. The minimum atomic E-state index is -0.269. The van der Waals surface area contributed by atoms with E-state index in [-0.39, 0.29) is 5.66 Å². The molecular weight excluding hydrogens is 372 g/mol. The molecule has 1 aliphatic carbocycles. The van der Waals surface area contributed by atoms with Gasteiger partial charge in [0.1, 0.15) is 11.5 Å². The van der Waals surface area contributed by atoms with Gasteiger partial charge in [-0.1, -0.05) is 43.3 Å². The van der Waals surface area contributed by atoms with Gasteiger partial charge < -0.3 is 9.88 Å². The molecule has 1 N–H and O–H groups in total. The van der Waals surface area contributed by atoms with Crippen molar-refractivity contribution in [3.8, 4) is 0 Å². The summed E-state index contributed by atoms with van der Waals surface area (Å²) < 4.78 is 4.53. The Labute approximate surface area is 175 Å². The number of anilines is 1. The Hall–Kier alpha value is -3.41. The molecule has 4 heterocycles. The second-order valence-corrected chi connectivity index (χ2v) is 8.52. The average molecular weight is 396 g/mol. The van der Waals surface area contributed by atoms with Gasteiger partial charge in [-0.15, -0.1) is 10.2 Å². The quantitative estimate of drug-likeness (QED) is 0.557. The monoisotopic (exact) mass is 396 g/mol. The number of pyridine rings is 1. The zero-order valence-corrected chi connectivity index (χ0v) is 17.4. The number of benzene rings is 1. The lowest BCUT2D eigenvalue weighted by molar-refractivity contribution is 0.697. The van der Waals surface area contributed by atoms with E-state index in [1.54, 1.807) is 0 Å². The smallest absolute Gasteiger partial charge is 0.184 e. The minimum Gasteiger partial charge on any atom is -0.357 e. The Morgan fingerprint density at radius 2 is 1.90 bits per heavy atom. The van der Waals surface area contributed by atoms with Crippen LogP contribution in [0.4, 0.5) is 5.69 Å². The van der Waals surface area contributed by atoms with Crippen LogP contribution in [0.3, 0.4) is 0 Å². The van der Waals surface area contributed by atoms with Gasteiger partial charge in [0.25, 0.3) is 0 Å². The maximum absolute atomic E-state index is 4.81. The Kier molecular flexibility index (Phi) is 3.52. The van der Waals surface area contributed by atoms with Gasteiger partial charge in [-0.2, -0.15) is 0 Å². The number of aliphatic imine (C=N–C) groups is 1. The van der Waals surface area contributed by atoms with Gasteiger partial charge in [0.05, 0.1) is 16.7 Å². The van der Waals surface area contributed by atoms with E-state index in [4.69, 9.17) is 4.99 Å². The molecule has 2 aliphatic rings. The van der Waals surface area contributed by atoms with E-state index < -0.39 is 0 Å². The number of dihydropyridines is 1. The van der Waals surface area contributed by atoms with E-state index in [1.165, 1.54) is 16.8 Å². The standard InChI is InChI=1S/C24H24N6/c1-15-12-22-21(29(15)14-18-8-5-4-6-9-18)13-20(23-28-27-17(3)30(22)23)26-24-16(2)19(24)10-7-11-25-24/h4-13,16,19,26H,14H2,1-3H3. The van der Waals surface area contributed by atoms with E-state index >= 15 is 0 Å². The van der Waals surface area contributed by atoms with E-state index in [2.05, 4.69) is 86.9 Å². The number of allylic oxidation sites excluding steroid dienone is 1. The SMILES string of the molecule is Cc1cc2c(cc(NC34N=CC=CC3C4C)c3nnc(C)n32)n1Cc1ccccc1. The molecule has 4 aromatic rings. The summed E-state index contributed by atoms with van der Waals surface area (Å²) in [7, 11) is 0. The van der Waals surface area contributed by atoms with E-state index in [1.807, 2.05) is 19.2 Å². The first-order valence-corrected chi connectivity index (χ1v) is 10.5. The molecule has 6 rings (SSSR count). The summed E-state index contributed by atoms with van der Waals surface area (Å²) in [6, 6.07) is 15.0. The highest BCUT2D eigenvalue weighted by Crippen LogP contribution is 2.55. The summed E-state index contributed by atoms with van der Waals surface area (Å²) >= 11 is 0. The van der Waals surface area contributed by atoms with Crippen molar-refractivity contribution < 1.29 is 0 Å². The Morgan fingerprint density at radius 3 is 2.70 bits per heavy atom. The van der Waals surface area contributed by atoms with Crippen LogP contribution in [0, 0.1) is 25.7 Å². The maximum Gasteiger partial charge on any atom is 0.184 e. The third kappa shape index (κ3) is 2.33. The molecule has 1 fully saturated rings. The van der Waals surface area contributed by atoms with Crippen molar-refractivity contribution in [2.45, 2.75) is 33.0 Å². The number of nitrogens with one attached hydrogen (secondary N) is 1. The number of hydrogen-bond acceptors (Lipinski definition) is 4. The molecule has 0 spiro atoms. The molecule has 1 saturated carbocycles. The summed E-state index contributed by atoms with van der Waals surface area (Å²) in [6.45, 7) is 7.25. The second kappa shape index (κ2) is 6.05. The second-order valence-electron chi connectivity index (χ2n) is 8.52. The minimum absolute atomic E-state index is 0.269. The van der Waals surface area contributed by atoms with Crippen LogP contribution in [0.25, 0.3) is 16.7 Å². The van der Waals surface area contributed by atoms with Gasteiger partial charge >= 0.3 is 0 Å². The highest BCUT2D eigenvalue weighted by Gasteiger charge is 2.62. The average Bonchev–Trinajstić information content (AvgIpc) is 2.99. The van der Waals surface area contributed by atoms with E-state index in [0.29, 0.717) is 11.8 Å². The fourth-order valence-corrected chi connectivity index (χ4v) is 4.98. The lowest BCUT2D eigenvalue weighted by Crippen LogP contribution is -2.24. The molecule has 30 heavy (non-hydrogen) atoms. The molecule has 6 heteroatoms. The van der Waals surface area contributed by atoms with Crippen LogP contribution in [0.2, 0.25) is 0 Å². The largest absolute Gasteiger partial charge is 0.357 e. The molecular formula is C24H24N6. The van der Waals surface area contributed by atoms with Gasteiger partial charge in [-0.25, -0.2) is 0 Å². The van der Waals surface area contributed by atoms with Gasteiger partial charge in [0.2, 0.25) is 0 Å². The van der Waals surface area contributed by atoms with E-state index in [9.17, 15) is 0 Å². The van der Waals surface area contributed by atoms with Crippen LogP contribution < -0.4 is 5.32 Å². The normalized spacial score (nSPS) is 24.5. The Bertz CT molecular complexity index is 1340. The summed E-state index contributed by atoms with van der Waals surface area (Å²) in [5.41, 5.74) is 6.38. The highest BCUT2D eigenvalue weighted by atomic mass is 15.3. The number of fused-ring (bicyclic) bond motifs is 4. The fraction of sp³-hybridized carbons (Fsp3) is 0.292. The van der Waals surface area contributed by atoms with Crippen molar-refractivity contribution in [2.75, 3.05) is 5.32 Å². The number of aromatic nitrogens is 4. The molecule has 1 aliphatic heterocycles. The third-order valence-electron chi connectivity index (χ3n) is 6.76. The van der Waals surface area contributed by atoms with Crippen molar-refractivity contribution in [2.24, 2.45) is 16.8 Å². The number of hydrogen-bond donors (Lipinski definition) is 1. The van der Waals surface area contributed by atoms with Gasteiger partial charge in [0, 0.05) is 30.3 Å². The first-order chi connectivity index (χ1) is 14.6. The zero-order valence-electron chi connectivity index (χ0n) is 17.4. The first kappa shape index (κ1) is 17.4. The lowest BCUT2D eigenvalue weighted by atomic mass is 10.2. The predicted molar refractivity (Wildman–Crippen MR) is 120 cm³/mol. The molecule has 1 aromatic carbocycles. The Balaban J connectivity index is 1.53. The number of aryl methyl sites for hydroxylation is 2. The van der Waals surface area contributed by atoms with Crippen LogP contribution in [0.15, 0.2) is 59.6 Å². The summed E-state index contributed by atoms with van der Waals surface area (Å²) in [5, 5.41) is 12.6. The molecule has 0 bridgehead atoms. The topological polar surface area (TPSA) is 59.5 Å². The van der Waals surface area contributed by atoms with Crippen LogP contribution in [0.5, 0.6) is 0 Å². The summed E-state index contributed by atoms with van der Waals surface area (Å²) in [4.78, 5) is 4.81. The van der Waals surface area contributed by atoms with Crippen molar-refractivity contribution in [3.05, 3.63) is 71.7 Å². The molecule has 3 unspecified atom stereocenters. The van der Waals surface area contributed by atoms with Gasteiger partial charge in [0.15, 0.2) is 5.65 Å². The molecule has 0 amide bonds. The molecule has 0 radical (unpaired) electrons. The molecule has 0 saturated heterocycles. The fourth-order valence-electron chi connectivity index (χ4n) is 4.98. The molecule has 3 aromatic heterocycles. The predicted octanol–water partition coefficient (Wildman–Crippen LogP) is 4.36. The van der Waals surface area contributed by atoms with Crippen molar-refractivity contribution in [1.82, 2.24) is 19.2 Å². The van der Waals surface area contributed by atoms with Crippen LogP contribution >= 0.6 is 0 Å².